The summed E-state index contributed by atoms with van der Waals surface area (Å²) in [5.74, 6) is 3.17. The molecular formula is C19H29IN4O2. The number of fused-ring (bicyclic) bond motifs is 1. The van der Waals surface area contributed by atoms with E-state index in [4.69, 9.17) is 14.5 Å². The van der Waals surface area contributed by atoms with Gasteiger partial charge in [-0.15, -0.1) is 24.0 Å². The summed E-state index contributed by atoms with van der Waals surface area (Å²) in [6.07, 6.45) is 2.74. The number of benzene rings is 1. The van der Waals surface area contributed by atoms with Crippen LogP contribution < -0.4 is 20.1 Å². The van der Waals surface area contributed by atoms with Crippen molar-refractivity contribution >= 4 is 29.9 Å². The topological polar surface area (TPSA) is 58.1 Å². The second kappa shape index (κ2) is 8.65. The summed E-state index contributed by atoms with van der Waals surface area (Å²) in [5, 5.41) is 7.02. The highest BCUT2D eigenvalue weighted by Crippen LogP contribution is 2.35. The summed E-state index contributed by atoms with van der Waals surface area (Å²) >= 11 is 0. The third kappa shape index (κ3) is 4.36. The monoisotopic (exact) mass is 472 g/mol. The largest absolute Gasteiger partial charge is 0.454 e. The maximum atomic E-state index is 5.58. The highest BCUT2D eigenvalue weighted by atomic mass is 127. The first-order chi connectivity index (χ1) is 12.2. The number of nitrogens with zero attached hydrogens (tertiary/aromatic N) is 2. The second-order valence-electron chi connectivity index (χ2n) is 7.26. The first-order valence-corrected chi connectivity index (χ1v) is 9.41. The van der Waals surface area contributed by atoms with Gasteiger partial charge in [0.25, 0.3) is 0 Å². The summed E-state index contributed by atoms with van der Waals surface area (Å²) in [6, 6.07) is 7.27. The van der Waals surface area contributed by atoms with Crippen LogP contribution >= 0.6 is 24.0 Å². The molecule has 144 valence electrons. The Kier molecular flexibility index (Phi) is 6.50. The van der Waals surface area contributed by atoms with Gasteiger partial charge in [-0.3, -0.25) is 4.90 Å². The molecule has 2 unspecified atom stereocenters. The molecule has 0 spiro atoms. The lowest BCUT2D eigenvalue weighted by atomic mass is 10.1. The van der Waals surface area contributed by atoms with Gasteiger partial charge in [-0.05, 0) is 31.7 Å². The number of hydrogen-bond donors (Lipinski definition) is 2. The third-order valence-corrected chi connectivity index (χ3v) is 5.26. The van der Waals surface area contributed by atoms with Gasteiger partial charge in [0.1, 0.15) is 0 Å². The molecule has 2 N–H and O–H groups in total. The summed E-state index contributed by atoms with van der Waals surface area (Å²) in [7, 11) is 0. The van der Waals surface area contributed by atoms with Crippen molar-refractivity contribution < 1.29 is 9.47 Å². The Bertz CT molecular complexity index is 650. The normalized spacial score (nSPS) is 25.1. The zero-order valence-electron chi connectivity index (χ0n) is 15.5. The molecule has 2 aliphatic heterocycles. The second-order valence-corrected chi connectivity index (χ2v) is 7.26. The van der Waals surface area contributed by atoms with Crippen LogP contribution in [0.5, 0.6) is 11.5 Å². The fourth-order valence-electron chi connectivity index (χ4n) is 3.71. The van der Waals surface area contributed by atoms with E-state index in [1.165, 1.54) is 19.4 Å². The molecule has 1 saturated heterocycles. The SMILES string of the molecule is CCNC(=NCc1cccc2c1OCO2)NC1CN(C2CC2)CC1C.I. The van der Waals surface area contributed by atoms with Gasteiger partial charge >= 0.3 is 0 Å². The zero-order chi connectivity index (χ0) is 17.2. The van der Waals surface area contributed by atoms with Crippen molar-refractivity contribution in [2.24, 2.45) is 10.9 Å². The van der Waals surface area contributed by atoms with E-state index in [0.717, 1.165) is 42.2 Å². The van der Waals surface area contributed by atoms with Crippen LogP contribution in [0.15, 0.2) is 23.2 Å². The lowest BCUT2D eigenvalue weighted by Gasteiger charge is -2.20. The lowest BCUT2D eigenvalue weighted by Crippen LogP contribution is -2.46. The van der Waals surface area contributed by atoms with Gasteiger partial charge in [-0.25, -0.2) is 4.99 Å². The minimum Gasteiger partial charge on any atom is -0.454 e. The molecule has 1 aromatic carbocycles. The molecule has 2 heterocycles. The van der Waals surface area contributed by atoms with Crippen LogP contribution in [0.25, 0.3) is 0 Å². The van der Waals surface area contributed by atoms with E-state index in [1.54, 1.807) is 0 Å². The predicted octanol–water partition coefficient (Wildman–Crippen LogP) is 2.57. The first-order valence-electron chi connectivity index (χ1n) is 9.41. The van der Waals surface area contributed by atoms with Crippen LogP contribution in [0.3, 0.4) is 0 Å². The number of halogens is 1. The molecule has 0 radical (unpaired) electrons. The quantitative estimate of drug-likeness (QED) is 0.392. The molecule has 1 aliphatic carbocycles. The van der Waals surface area contributed by atoms with Gasteiger partial charge in [0.15, 0.2) is 17.5 Å². The lowest BCUT2D eigenvalue weighted by molar-refractivity contribution is 0.173. The van der Waals surface area contributed by atoms with E-state index in [9.17, 15) is 0 Å². The van der Waals surface area contributed by atoms with E-state index in [-0.39, 0.29) is 24.0 Å². The van der Waals surface area contributed by atoms with Crippen molar-refractivity contribution in [1.82, 2.24) is 15.5 Å². The van der Waals surface area contributed by atoms with Crippen molar-refractivity contribution in [1.29, 1.82) is 0 Å². The Morgan fingerprint density at radius 1 is 1.27 bits per heavy atom. The average molecular weight is 472 g/mol. The Morgan fingerprint density at radius 3 is 2.88 bits per heavy atom. The van der Waals surface area contributed by atoms with Crippen LogP contribution in [0, 0.1) is 5.92 Å². The van der Waals surface area contributed by atoms with Gasteiger partial charge in [0.05, 0.1) is 6.54 Å². The third-order valence-electron chi connectivity index (χ3n) is 5.26. The van der Waals surface area contributed by atoms with Gasteiger partial charge in [0, 0.05) is 37.3 Å². The van der Waals surface area contributed by atoms with Gasteiger partial charge < -0.3 is 20.1 Å². The van der Waals surface area contributed by atoms with Crippen LogP contribution in [0.2, 0.25) is 0 Å². The Labute approximate surface area is 172 Å². The van der Waals surface area contributed by atoms with Crippen molar-refractivity contribution in [2.75, 3.05) is 26.4 Å². The maximum absolute atomic E-state index is 5.58. The van der Waals surface area contributed by atoms with Crippen LogP contribution in [-0.4, -0.2) is 49.4 Å². The van der Waals surface area contributed by atoms with E-state index in [0.29, 0.717) is 25.3 Å². The Morgan fingerprint density at radius 2 is 2.12 bits per heavy atom. The maximum Gasteiger partial charge on any atom is 0.231 e. The predicted molar refractivity (Wildman–Crippen MR) is 113 cm³/mol. The van der Waals surface area contributed by atoms with Crippen molar-refractivity contribution in [2.45, 2.75) is 45.3 Å². The van der Waals surface area contributed by atoms with E-state index in [1.807, 2.05) is 18.2 Å². The number of nitrogens with one attached hydrogen (secondary N) is 2. The summed E-state index contributed by atoms with van der Waals surface area (Å²) in [5.41, 5.74) is 1.06. The smallest absolute Gasteiger partial charge is 0.231 e. The Balaban J connectivity index is 0.00000196. The summed E-state index contributed by atoms with van der Waals surface area (Å²) < 4.78 is 11.0. The van der Waals surface area contributed by atoms with Crippen molar-refractivity contribution in [3.63, 3.8) is 0 Å². The number of hydrogen-bond acceptors (Lipinski definition) is 4. The van der Waals surface area contributed by atoms with E-state index < -0.39 is 0 Å². The highest BCUT2D eigenvalue weighted by Gasteiger charge is 2.38. The molecule has 6 nitrogen and oxygen atoms in total. The van der Waals surface area contributed by atoms with Crippen LogP contribution in [0.4, 0.5) is 0 Å². The summed E-state index contributed by atoms with van der Waals surface area (Å²) in [6.45, 7) is 8.47. The Hall–Kier alpha value is -1.22. The molecule has 7 heteroatoms. The fraction of sp³-hybridized carbons (Fsp3) is 0.632. The van der Waals surface area contributed by atoms with Gasteiger partial charge in [-0.1, -0.05) is 19.1 Å². The van der Waals surface area contributed by atoms with E-state index in [2.05, 4.69) is 29.4 Å². The number of rotatable bonds is 5. The average Bonchev–Trinajstić information content (AvgIpc) is 3.23. The van der Waals surface area contributed by atoms with E-state index >= 15 is 0 Å². The number of guanidine groups is 1. The molecular weight excluding hydrogens is 443 g/mol. The number of ether oxygens (including phenoxy) is 2. The first kappa shape index (κ1) is 19.5. The van der Waals surface area contributed by atoms with Crippen LogP contribution in [0.1, 0.15) is 32.3 Å². The van der Waals surface area contributed by atoms with Gasteiger partial charge in [-0.2, -0.15) is 0 Å². The molecule has 0 amide bonds. The minimum atomic E-state index is 0. The molecule has 1 saturated carbocycles. The molecule has 2 fully saturated rings. The molecule has 3 aliphatic rings. The fourth-order valence-corrected chi connectivity index (χ4v) is 3.71. The zero-order valence-corrected chi connectivity index (χ0v) is 17.9. The molecule has 4 rings (SSSR count). The standard InChI is InChI=1S/C19H28N4O2.HI/c1-3-20-19(22-16-11-23(10-13(16)2)15-7-8-15)21-9-14-5-4-6-17-18(14)25-12-24-17;/h4-6,13,15-16H,3,7-12H2,1-2H3,(H2,20,21,22);1H. The minimum absolute atomic E-state index is 0. The number of likely N-dealkylation sites (tertiary alicyclic amines) is 1. The molecule has 0 aromatic heterocycles. The number of para-hydroxylation sites is 1. The van der Waals surface area contributed by atoms with Gasteiger partial charge in [0.2, 0.25) is 6.79 Å². The highest BCUT2D eigenvalue weighted by molar-refractivity contribution is 14.0. The molecule has 2 atom stereocenters. The van der Waals surface area contributed by atoms with Crippen LogP contribution in [-0.2, 0) is 6.54 Å². The van der Waals surface area contributed by atoms with Crippen molar-refractivity contribution in [3.8, 4) is 11.5 Å². The summed E-state index contributed by atoms with van der Waals surface area (Å²) in [4.78, 5) is 7.41. The van der Waals surface area contributed by atoms with Crippen molar-refractivity contribution in [3.05, 3.63) is 23.8 Å². The molecule has 1 aromatic rings. The molecule has 26 heavy (non-hydrogen) atoms. The molecule has 0 bridgehead atoms. The number of aliphatic imine (C=N–C) groups is 1.